The van der Waals surface area contributed by atoms with Crippen LogP contribution in [0.1, 0.15) is 50.7 Å². The second kappa shape index (κ2) is 4.63. The molecule has 0 amide bonds. The third-order valence-corrected chi connectivity index (χ3v) is 3.27. The van der Waals surface area contributed by atoms with Gasteiger partial charge in [0.1, 0.15) is 0 Å². The van der Waals surface area contributed by atoms with E-state index in [1.807, 2.05) is 33.8 Å². The zero-order valence-electron chi connectivity index (χ0n) is 9.44. The largest absolute Gasteiger partial charge is 0.505 e. The van der Waals surface area contributed by atoms with Crippen LogP contribution in [0.15, 0.2) is 6.07 Å². The van der Waals surface area contributed by atoms with Crippen molar-refractivity contribution in [3.63, 3.8) is 0 Å². The molecule has 1 aromatic rings. The minimum atomic E-state index is 0.00762. The molecule has 0 saturated heterocycles. The van der Waals surface area contributed by atoms with E-state index in [1.165, 1.54) is 0 Å². The highest BCUT2D eigenvalue weighted by Crippen LogP contribution is 2.42. The summed E-state index contributed by atoms with van der Waals surface area (Å²) in [6.45, 7) is 8.16. The fourth-order valence-corrected chi connectivity index (χ4v) is 2.29. The van der Waals surface area contributed by atoms with Gasteiger partial charge in [0.2, 0.25) is 0 Å². The van der Waals surface area contributed by atoms with Crippen molar-refractivity contribution in [2.75, 3.05) is 0 Å². The minimum absolute atomic E-state index is 0.00762. The van der Waals surface area contributed by atoms with Gasteiger partial charge in [0.15, 0.2) is 5.75 Å². The molecule has 0 heterocycles. The summed E-state index contributed by atoms with van der Waals surface area (Å²) in [7, 11) is 0. The van der Waals surface area contributed by atoms with Gasteiger partial charge < -0.3 is 5.11 Å². The third kappa shape index (κ3) is 2.40. The van der Waals surface area contributed by atoms with Gasteiger partial charge in [-0.2, -0.15) is 0 Å². The molecule has 15 heavy (non-hydrogen) atoms. The molecule has 1 aromatic carbocycles. The van der Waals surface area contributed by atoms with Gasteiger partial charge in [0.25, 0.3) is 0 Å². The Hall–Kier alpha value is -0.400. The summed E-state index contributed by atoms with van der Waals surface area (Å²) in [5.41, 5.74) is 1.89. The molecule has 0 radical (unpaired) electrons. The third-order valence-electron chi connectivity index (χ3n) is 2.48. The lowest BCUT2D eigenvalue weighted by molar-refractivity contribution is 0.473. The molecule has 0 unspecified atom stereocenters. The van der Waals surface area contributed by atoms with Crippen molar-refractivity contribution in [1.82, 2.24) is 0 Å². The maximum absolute atomic E-state index is 9.80. The topological polar surface area (TPSA) is 20.2 Å². The van der Waals surface area contributed by atoms with Crippen LogP contribution in [0.4, 0.5) is 0 Å². The summed E-state index contributed by atoms with van der Waals surface area (Å²) in [6, 6.07) is 1.99. The van der Waals surface area contributed by atoms with Crippen molar-refractivity contribution in [2.24, 2.45) is 0 Å². The van der Waals surface area contributed by atoms with E-state index in [9.17, 15) is 5.11 Å². The quantitative estimate of drug-likeness (QED) is 0.784. The Morgan fingerprint density at radius 3 is 1.53 bits per heavy atom. The van der Waals surface area contributed by atoms with E-state index in [2.05, 4.69) is 0 Å². The van der Waals surface area contributed by atoms with E-state index in [4.69, 9.17) is 23.2 Å². The van der Waals surface area contributed by atoms with Crippen molar-refractivity contribution in [1.29, 1.82) is 0 Å². The lowest BCUT2D eigenvalue weighted by atomic mass is 9.95. The van der Waals surface area contributed by atoms with Crippen LogP contribution in [0.5, 0.6) is 5.75 Å². The van der Waals surface area contributed by atoms with E-state index < -0.39 is 0 Å². The fraction of sp³-hybridized carbons (Fsp3) is 0.500. The summed E-state index contributed by atoms with van der Waals surface area (Å²) in [4.78, 5) is 0. The van der Waals surface area contributed by atoms with Crippen LogP contribution >= 0.6 is 23.2 Å². The molecule has 1 nitrogen and oxygen atoms in total. The Labute approximate surface area is 101 Å². The maximum Gasteiger partial charge on any atom is 0.153 e. The fourth-order valence-electron chi connectivity index (χ4n) is 1.50. The van der Waals surface area contributed by atoms with E-state index in [0.29, 0.717) is 10.0 Å². The van der Waals surface area contributed by atoms with Crippen LogP contribution in [0.2, 0.25) is 10.0 Å². The van der Waals surface area contributed by atoms with E-state index in [0.717, 1.165) is 11.1 Å². The van der Waals surface area contributed by atoms with Gasteiger partial charge >= 0.3 is 0 Å². The summed E-state index contributed by atoms with van der Waals surface area (Å²) < 4.78 is 0. The average Bonchev–Trinajstić information content (AvgIpc) is 2.13. The monoisotopic (exact) mass is 246 g/mol. The van der Waals surface area contributed by atoms with Crippen LogP contribution < -0.4 is 0 Å². The summed E-state index contributed by atoms with van der Waals surface area (Å²) in [5, 5.41) is 10.6. The molecule has 0 aliphatic heterocycles. The maximum atomic E-state index is 9.80. The van der Waals surface area contributed by atoms with Crippen LogP contribution in [-0.2, 0) is 0 Å². The van der Waals surface area contributed by atoms with Crippen LogP contribution in [0.25, 0.3) is 0 Å². The molecule has 0 saturated carbocycles. The number of aromatic hydroxyl groups is 1. The van der Waals surface area contributed by atoms with Gasteiger partial charge in [0.05, 0.1) is 10.0 Å². The molecule has 0 aliphatic rings. The predicted octanol–water partition coefficient (Wildman–Crippen LogP) is 4.95. The highest BCUT2D eigenvalue weighted by Gasteiger charge is 2.18. The Bertz CT molecular complexity index is 338. The Balaban J connectivity index is 3.45. The second-order valence-electron chi connectivity index (χ2n) is 4.34. The number of phenols is 1. The van der Waals surface area contributed by atoms with Crippen LogP contribution in [0, 0.1) is 0 Å². The van der Waals surface area contributed by atoms with Crippen molar-refractivity contribution < 1.29 is 5.11 Å². The highest BCUT2D eigenvalue weighted by molar-refractivity contribution is 6.38. The zero-order valence-corrected chi connectivity index (χ0v) is 10.9. The molecular formula is C12H16Cl2O. The lowest BCUT2D eigenvalue weighted by Crippen LogP contribution is -1.96. The summed E-state index contributed by atoms with van der Waals surface area (Å²) >= 11 is 12.1. The standard InChI is InChI=1S/C12H16Cl2O/c1-6(2)8-5-9(7(3)4)11(14)12(15)10(8)13/h5-7,15H,1-4H3. The van der Waals surface area contributed by atoms with Gasteiger partial charge in [-0.3, -0.25) is 0 Å². The van der Waals surface area contributed by atoms with Gasteiger partial charge in [-0.25, -0.2) is 0 Å². The molecule has 0 aromatic heterocycles. The van der Waals surface area contributed by atoms with Crippen molar-refractivity contribution in [3.05, 3.63) is 27.2 Å². The number of hydrogen-bond donors (Lipinski definition) is 1. The van der Waals surface area contributed by atoms with Crippen molar-refractivity contribution in [2.45, 2.75) is 39.5 Å². The predicted molar refractivity (Wildman–Crippen MR) is 66.3 cm³/mol. The first-order valence-corrected chi connectivity index (χ1v) is 5.82. The van der Waals surface area contributed by atoms with Crippen LogP contribution in [0.3, 0.4) is 0 Å². The van der Waals surface area contributed by atoms with Crippen molar-refractivity contribution >= 4 is 23.2 Å². The summed E-state index contributed by atoms with van der Waals surface area (Å²) in [6.07, 6.45) is 0. The SMILES string of the molecule is CC(C)c1cc(C(C)C)c(Cl)c(O)c1Cl. The molecular weight excluding hydrogens is 231 g/mol. The highest BCUT2D eigenvalue weighted by atomic mass is 35.5. The van der Waals surface area contributed by atoms with E-state index in [1.54, 1.807) is 0 Å². The van der Waals surface area contributed by atoms with Crippen molar-refractivity contribution in [3.8, 4) is 5.75 Å². The minimum Gasteiger partial charge on any atom is -0.505 e. The van der Waals surface area contributed by atoms with Gasteiger partial charge in [-0.1, -0.05) is 57.0 Å². The van der Waals surface area contributed by atoms with Crippen LogP contribution in [-0.4, -0.2) is 5.11 Å². The average molecular weight is 247 g/mol. The normalized spacial score (nSPS) is 11.5. The number of benzene rings is 1. The number of phenolic OH excluding ortho intramolecular Hbond substituents is 1. The number of halogens is 2. The van der Waals surface area contributed by atoms with E-state index in [-0.39, 0.29) is 17.6 Å². The first-order valence-electron chi connectivity index (χ1n) is 5.07. The number of rotatable bonds is 2. The number of hydrogen-bond acceptors (Lipinski definition) is 1. The first kappa shape index (κ1) is 12.7. The van der Waals surface area contributed by atoms with E-state index >= 15 is 0 Å². The molecule has 0 fully saturated rings. The first-order chi connectivity index (χ1) is 6.86. The molecule has 84 valence electrons. The molecule has 1 N–H and O–H groups in total. The Morgan fingerprint density at radius 1 is 0.933 bits per heavy atom. The van der Waals surface area contributed by atoms with Gasteiger partial charge in [0, 0.05) is 0 Å². The second-order valence-corrected chi connectivity index (χ2v) is 5.10. The Kier molecular flexibility index (Phi) is 3.91. The Morgan fingerprint density at radius 2 is 1.27 bits per heavy atom. The molecule has 0 atom stereocenters. The molecule has 0 bridgehead atoms. The lowest BCUT2D eigenvalue weighted by Gasteiger charge is -2.16. The summed E-state index contributed by atoms with van der Waals surface area (Å²) in [5.74, 6) is 0.560. The van der Waals surface area contributed by atoms with Gasteiger partial charge in [-0.05, 0) is 23.0 Å². The molecule has 3 heteroatoms. The molecule has 0 spiro atoms. The molecule has 0 aliphatic carbocycles. The molecule has 1 rings (SSSR count). The smallest absolute Gasteiger partial charge is 0.153 e. The van der Waals surface area contributed by atoms with Gasteiger partial charge in [-0.15, -0.1) is 0 Å². The zero-order chi connectivity index (χ0) is 11.7.